The van der Waals surface area contributed by atoms with Crippen molar-refractivity contribution in [3.05, 3.63) is 77.4 Å². The van der Waals surface area contributed by atoms with E-state index in [4.69, 9.17) is 4.74 Å². The first kappa shape index (κ1) is 23.3. The van der Waals surface area contributed by atoms with Gasteiger partial charge in [-0.1, -0.05) is 18.2 Å². The van der Waals surface area contributed by atoms with Gasteiger partial charge < -0.3 is 4.74 Å². The van der Waals surface area contributed by atoms with Crippen molar-refractivity contribution in [1.82, 2.24) is 20.6 Å². The average molecular weight is 476 g/mol. The van der Waals surface area contributed by atoms with Crippen molar-refractivity contribution in [3.63, 3.8) is 0 Å². The topological polar surface area (TPSA) is 85.2 Å². The Morgan fingerprint density at radius 1 is 1.12 bits per heavy atom. The second-order valence-corrected chi connectivity index (χ2v) is 7.81. The molecule has 3 aromatic rings. The highest BCUT2D eigenvalue weighted by atomic mass is 19.4. The molecule has 1 unspecified atom stereocenters. The van der Waals surface area contributed by atoms with Gasteiger partial charge in [0, 0.05) is 5.92 Å². The average Bonchev–Trinajstić information content (AvgIpc) is 3.55. The van der Waals surface area contributed by atoms with Gasteiger partial charge in [0.2, 0.25) is 0 Å². The highest BCUT2D eigenvalue weighted by Crippen LogP contribution is 2.42. The van der Waals surface area contributed by atoms with Crippen LogP contribution in [0.1, 0.15) is 47.3 Å². The number of alkyl halides is 3. The van der Waals surface area contributed by atoms with Crippen LogP contribution in [0.5, 0.6) is 5.75 Å². The van der Waals surface area contributed by atoms with Crippen LogP contribution in [0.25, 0.3) is 5.69 Å². The van der Waals surface area contributed by atoms with E-state index in [0.29, 0.717) is 5.69 Å². The molecule has 0 radical (unpaired) electrons. The molecule has 0 spiro atoms. The van der Waals surface area contributed by atoms with Gasteiger partial charge in [0.25, 0.3) is 11.8 Å². The van der Waals surface area contributed by atoms with Gasteiger partial charge in [0.05, 0.1) is 28.7 Å². The van der Waals surface area contributed by atoms with Crippen molar-refractivity contribution in [2.24, 2.45) is 0 Å². The molecular formula is C23H20F4N4O3. The summed E-state index contributed by atoms with van der Waals surface area (Å²) in [6.45, 7) is 1.38. The normalized spacial score (nSPS) is 14.4. The Balaban J connectivity index is 1.48. The van der Waals surface area contributed by atoms with E-state index in [1.165, 1.54) is 48.1 Å². The Hall–Kier alpha value is -3.89. The number of aromatic nitrogens is 2. The molecule has 1 aromatic heterocycles. The van der Waals surface area contributed by atoms with Gasteiger partial charge in [-0.2, -0.15) is 18.3 Å². The van der Waals surface area contributed by atoms with Gasteiger partial charge in [-0.05, 0) is 50.1 Å². The molecule has 1 saturated carbocycles. The lowest BCUT2D eigenvalue weighted by atomic mass is 10.1. The van der Waals surface area contributed by atoms with E-state index in [1.807, 2.05) is 0 Å². The summed E-state index contributed by atoms with van der Waals surface area (Å²) < 4.78 is 59.7. The predicted molar refractivity (Wildman–Crippen MR) is 113 cm³/mol. The molecule has 34 heavy (non-hydrogen) atoms. The lowest BCUT2D eigenvalue weighted by Crippen LogP contribution is -2.47. The zero-order chi connectivity index (χ0) is 24.5. The van der Waals surface area contributed by atoms with Gasteiger partial charge in [-0.3, -0.25) is 20.4 Å². The number of halogens is 4. The van der Waals surface area contributed by atoms with Crippen molar-refractivity contribution in [1.29, 1.82) is 0 Å². The number of nitrogens with zero attached hydrogens (tertiary/aromatic N) is 2. The second-order valence-electron chi connectivity index (χ2n) is 7.81. The molecule has 0 bridgehead atoms. The number of hydrogen-bond donors (Lipinski definition) is 2. The number of benzene rings is 2. The molecule has 0 saturated heterocycles. The zero-order valence-corrected chi connectivity index (χ0v) is 17.9. The lowest BCUT2D eigenvalue weighted by molar-refractivity contribution is -0.137. The molecule has 4 rings (SSSR count). The van der Waals surface area contributed by atoms with Crippen LogP contribution in [0.3, 0.4) is 0 Å². The quantitative estimate of drug-likeness (QED) is 0.414. The number of hydrazine groups is 1. The molecular weight excluding hydrogens is 456 g/mol. The van der Waals surface area contributed by atoms with Gasteiger partial charge in [0.1, 0.15) is 0 Å². The number of para-hydroxylation sites is 1. The predicted octanol–water partition coefficient (Wildman–Crippen LogP) is 4.14. The van der Waals surface area contributed by atoms with Crippen LogP contribution in [0.4, 0.5) is 17.6 Å². The van der Waals surface area contributed by atoms with E-state index < -0.39 is 35.5 Å². The molecule has 1 aliphatic rings. The largest absolute Gasteiger partial charge is 0.478 e. The van der Waals surface area contributed by atoms with Crippen molar-refractivity contribution in [2.75, 3.05) is 0 Å². The Kier molecular flexibility index (Phi) is 6.27. The second kappa shape index (κ2) is 9.16. The first-order chi connectivity index (χ1) is 16.1. The van der Waals surface area contributed by atoms with Crippen LogP contribution in [0, 0.1) is 5.82 Å². The van der Waals surface area contributed by atoms with Gasteiger partial charge in [-0.25, -0.2) is 9.07 Å². The molecule has 2 amide bonds. The maximum Gasteiger partial charge on any atom is 0.416 e. The molecule has 11 heteroatoms. The van der Waals surface area contributed by atoms with Crippen LogP contribution >= 0.6 is 0 Å². The third-order valence-electron chi connectivity index (χ3n) is 5.24. The number of ether oxygens (including phenoxy) is 1. The minimum atomic E-state index is -4.52. The maximum atomic E-state index is 13.7. The summed E-state index contributed by atoms with van der Waals surface area (Å²) in [6.07, 6.45) is -2.88. The first-order valence-electron chi connectivity index (χ1n) is 10.4. The number of rotatable bonds is 6. The number of carbonyl (C=O) groups is 2. The van der Waals surface area contributed by atoms with E-state index in [2.05, 4.69) is 16.0 Å². The molecule has 178 valence electrons. The highest BCUT2D eigenvalue weighted by molar-refractivity contribution is 5.97. The van der Waals surface area contributed by atoms with E-state index in [9.17, 15) is 27.2 Å². The Labute approximate surface area is 191 Å². The Morgan fingerprint density at radius 3 is 2.53 bits per heavy atom. The summed E-state index contributed by atoms with van der Waals surface area (Å²) in [5, 5.41) is 4.13. The van der Waals surface area contributed by atoms with Gasteiger partial charge in [0.15, 0.2) is 17.7 Å². The fourth-order valence-corrected chi connectivity index (χ4v) is 3.37. The molecule has 1 aliphatic carbocycles. The molecule has 2 aromatic carbocycles. The maximum absolute atomic E-state index is 13.7. The van der Waals surface area contributed by atoms with E-state index in [1.54, 1.807) is 6.07 Å². The van der Waals surface area contributed by atoms with Crippen molar-refractivity contribution in [2.45, 2.75) is 38.0 Å². The summed E-state index contributed by atoms with van der Waals surface area (Å²) in [5.41, 5.74) is 4.40. The summed E-state index contributed by atoms with van der Waals surface area (Å²) >= 11 is 0. The third-order valence-corrected chi connectivity index (χ3v) is 5.24. The fourth-order valence-electron chi connectivity index (χ4n) is 3.37. The summed E-state index contributed by atoms with van der Waals surface area (Å²) in [5.74, 6) is -2.21. The smallest absolute Gasteiger partial charge is 0.416 e. The Bertz CT molecular complexity index is 1220. The van der Waals surface area contributed by atoms with Gasteiger partial charge >= 0.3 is 6.18 Å². The van der Waals surface area contributed by atoms with E-state index in [-0.39, 0.29) is 22.9 Å². The van der Waals surface area contributed by atoms with E-state index in [0.717, 1.165) is 25.0 Å². The van der Waals surface area contributed by atoms with Crippen LogP contribution in [0.2, 0.25) is 0 Å². The molecule has 0 aliphatic heterocycles. The number of amides is 2. The van der Waals surface area contributed by atoms with Gasteiger partial charge in [-0.15, -0.1) is 0 Å². The minimum absolute atomic E-state index is 0.0446. The van der Waals surface area contributed by atoms with Crippen LogP contribution in [-0.4, -0.2) is 27.7 Å². The third kappa shape index (κ3) is 5.03. The SMILES string of the molecule is CC(Oc1ccccc1F)C(=O)NNC(=O)c1cnn(-c2cccc(C(F)(F)F)c2)c1C1CC1. The standard InChI is InChI=1S/C23H20F4N4O3/c1-13(34-19-8-3-2-7-18(19)24)21(32)29-30-22(33)17-12-28-31(20(17)14-9-10-14)16-6-4-5-15(11-16)23(25,26)27/h2-8,11-14H,9-10H2,1H3,(H,29,32)(H,30,33). The molecule has 1 atom stereocenters. The van der Waals surface area contributed by atoms with Crippen LogP contribution in [-0.2, 0) is 11.0 Å². The van der Waals surface area contributed by atoms with Crippen LogP contribution < -0.4 is 15.6 Å². The molecule has 2 N–H and O–H groups in total. The molecule has 1 fully saturated rings. The molecule has 1 heterocycles. The number of hydrogen-bond acceptors (Lipinski definition) is 4. The summed E-state index contributed by atoms with van der Waals surface area (Å²) in [7, 11) is 0. The van der Waals surface area contributed by atoms with Crippen molar-refractivity contribution < 1.29 is 31.9 Å². The first-order valence-corrected chi connectivity index (χ1v) is 10.4. The summed E-state index contributed by atoms with van der Waals surface area (Å²) in [4.78, 5) is 25.0. The highest BCUT2D eigenvalue weighted by Gasteiger charge is 2.34. The van der Waals surface area contributed by atoms with Crippen molar-refractivity contribution >= 4 is 11.8 Å². The number of carbonyl (C=O) groups excluding carboxylic acids is 2. The number of nitrogens with one attached hydrogen (secondary N) is 2. The minimum Gasteiger partial charge on any atom is -0.478 e. The fraction of sp³-hybridized carbons (Fsp3) is 0.261. The monoisotopic (exact) mass is 476 g/mol. The lowest BCUT2D eigenvalue weighted by Gasteiger charge is -2.16. The molecule has 7 nitrogen and oxygen atoms in total. The van der Waals surface area contributed by atoms with Crippen molar-refractivity contribution in [3.8, 4) is 11.4 Å². The zero-order valence-electron chi connectivity index (χ0n) is 17.9. The Morgan fingerprint density at radius 2 is 1.85 bits per heavy atom. The summed E-state index contributed by atoms with van der Waals surface area (Å²) in [6, 6.07) is 10.2. The van der Waals surface area contributed by atoms with E-state index >= 15 is 0 Å². The van der Waals surface area contributed by atoms with Crippen LogP contribution in [0.15, 0.2) is 54.7 Å².